The molecule has 4 heterocycles. The van der Waals surface area contributed by atoms with Gasteiger partial charge in [0.15, 0.2) is 23.0 Å². The molecule has 0 atom stereocenters. The molecule has 4 N–H and O–H groups in total. The molecule has 0 unspecified atom stereocenters. The third kappa shape index (κ3) is 5.40. The molecule has 0 amide bonds. The second-order valence-corrected chi connectivity index (χ2v) is 9.33. The van der Waals surface area contributed by atoms with E-state index in [-0.39, 0.29) is 33.8 Å². The number of amidine groups is 1. The van der Waals surface area contributed by atoms with E-state index in [2.05, 4.69) is 35.8 Å². The fraction of sp³-hybridized carbons (Fsp3) is 0.280. The molecule has 14 heteroatoms. The zero-order valence-electron chi connectivity index (χ0n) is 21.0. The van der Waals surface area contributed by atoms with Crippen LogP contribution in [0.4, 0.5) is 24.8 Å². The van der Waals surface area contributed by atoms with Crippen molar-refractivity contribution in [2.75, 3.05) is 25.5 Å². The Kier molecular flexibility index (Phi) is 7.19. The molecule has 0 spiro atoms. The third-order valence-electron chi connectivity index (χ3n) is 6.31. The zero-order valence-corrected chi connectivity index (χ0v) is 21.8. The number of likely N-dealkylation sites (tertiary alicyclic amines) is 1. The molecule has 0 radical (unpaired) electrons. The highest BCUT2D eigenvalue weighted by Crippen LogP contribution is 2.36. The van der Waals surface area contributed by atoms with Crippen LogP contribution in [0.25, 0.3) is 11.2 Å². The molecular formula is C25H25ClF3N9O. The maximum absolute atomic E-state index is 13.6. The lowest BCUT2D eigenvalue weighted by atomic mass is 10.1. The maximum Gasteiger partial charge on any atom is 0.416 e. The molecule has 204 valence electrons. The van der Waals surface area contributed by atoms with E-state index in [4.69, 9.17) is 21.7 Å². The van der Waals surface area contributed by atoms with Gasteiger partial charge in [-0.05, 0) is 43.3 Å². The molecule has 1 saturated heterocycles. The number of nitrogens with one attached hydrogen (secondary N) is 4. The Bertz CT molecular complexity index is 1520. The lowest BCUT2D eigenvalue weighted by Crippen LogP contribution is -2.36. The van der Waals surface area contributed by atoms with Crippen LogP contribution in [0.1, 0.15) is 17.5 Å². The number of benzene rings is 1. The van der Waals surface area contributed by atoms with Gasteiger partial charge >= 0.3 is 6.18 Å². The van der Waals surface area contributed by atoms with Crippen molar-refractivity contribution in [1.82, 2.24) is 30.1 Å². The topological polar surface area (TPSA) is 115 Å². The van der Waals surface area contributed by atoms with Gasteiger partial charge in [0.1, 0.15) is 16.2 Å². The van der Waals surface area contributed by atoms with Crippen LogP contribution in [0.3, 0.4) is 0 Å². The number of hydrogen-bond donors (Lipinski definition) is 4. The fourth-order valence-electron chi connectivity index (χ4n) is 4.26. The number of aromatic nitrogens is 3. The van der Waals surface area contributed by atoms with Gasteiger partial charge in [0.05, 0.1) is 18.0 Å². The number of ether oxygens (including phenoxy) is 1. The van der Waals surface area contributed by atoms with Gasteiger partial charge < -0.3 is 30.7 Å². The summed E-state index contributed by atoms with van der Waals surface area (Å²) in [4.78, 5) is 15.0. The normalized spacial score (nSPS) is 16.8. The Morgan fingerprint density at radius 2 is 2.08 bits per heavy atom. The van der Waals surface area contributed by atoms with Crippen molar-refractivity contribution in [2.45, 2.75) is 19.1 Å². The zero-order chi connectivity index (χ0) is 27.7. The molecule has 3 aromatic rings. The highest BCUT2D eigenvalue weighted by atomic mass is 35.5. The Morgan fingerprint density at radius 1 is 1.28 bits per heavy atom. The van der Waals surface area contributed by atoms with Crippen molar-refractivity contribution in [2.24, 2.45) is 12.0 Å². The molecule has 2 aliphatic rings. The van der Waals surface area contributed by atoms with E-state index < -0.39 is 11.7 Å². The Balaban J connectivity index is 1.48. The Hall–Kier alpha value is -4.10. The van der Waals surface area contributed by atoms with E-state index in [0.717, 1.165) is 31.8 Å². The number of rotatable bonds is 7. The van der Waals surface area contributed by atoms with Gasteiger partial charge in [-0.1, -0.05) is 11.6 Å². The smallest absolute Gasteiger partial charge is 0.416 e. The third-order valence-corrected chi connectivity index (χ3v) is 6.68. The number of halogens is 4. The number of aliphatic imine (C=N–C) groups is 1. The summed E-state index contributed by atoms with van der Waals surface area (Å²) in [6.07, 6.45) is 2.08. The lowest BCUT2D eigenvalue weighted by molar-refractivity contribution is -0.137. The van der Waals surface area contributed by atoms with Gasteiger partial charge in [-0.3, -0.25) is 4.90 Å². The molecule has 2 aliphatic heterocycles. The summed E-state index contributed by atoms with van der Waals surface area (Å²) in [7, 11) is 3.35. The van der Waals surface area contributed by atoms with Gasteiger partial charge in [-0.2, -0.15) is 18.2 Å². The summed E-state index contributed by atoms with van der Waals surface area (Å²) in [5.74, 6) is 1.00. The largest absolute Gasteiger partial charge is 0.450 e. The molecule has 0 bridgehead atoms. The van der Waals surface area contributed by atoms with E-state index in [0.29, 0.717) is 29.2 Å². The van der Waals surface area contributed by atoms with E-state index in [1.54, 1.807) is 37.1 Å². The number of anilines is 2. The number of hydrogen-bond acceptors (Lipinski definition) is 9. The van der Waals surface area contributed by atoms with Crippen LogP contribution in [-0.2, 0) is 19.8 Å². The van der Waals surface area contributed by atoms with E-state index >= 15 is 0 Å². The first-order chi connectivity index (χ1) is 18.7. The number of fused-ring (bicyclic) bond motifs is 1. The lowest BCUT2D eigenvalue weighted by Gasteiger charge is -2.31. The molecule has 0 saturated carbocycles. The average molecular weight is 560 g/mol. The van der Waals surface area contributed by atoms with E-state index in [9.17, 15) is 13.2 Å². The molecule has 0 aliphatic carbocycles. The minimum absolute atomic E-state index is 0.134. The van der Waals surface area contributed by atoms with Crippen molar-refractivity contribution in [3.05, 3.63) is 64.4 Å². The minimum atomic E-state index is -4.49. The van der Waals surface area contributed by atoms with Crippen molar-refractivity contribution < 1.29 is 17.9 Å². The Morgan fingerprint density at radius 3 is 2.74 bits per heavy atom. The van der Waals surface area contributed by atoms with E-state index in [1.165, 1.54) is 12.3 Å². The van der Waals surface area contributed by atoms with Crippen LogP contribution in [0.2, 0.25) is 5.02 Å². The van der Waals surface area contributed by atoms with Crippen LogP contribution in [-0.4, -0.2) is 51.6 Å². The number of nitrogens with zero attached hydrogens (tertiary/aromatic N) is 5. The summed E-state index contributed by atoms with van der Waals surface area (Å²) in [5, 5.41) is 16.9. The number of pyridine rings is 1. The SMILES string of the molecule is CNC1=NC=CN/C1=C(\C=N)Oc1cnc2nc(Nc3cc(CN4CCC4)cc(C(F)(F)F)c3)n(C)c2c1Cl. The van der Waals surface area contributed by atoms with Crippen LogP contribution < -0.4 is 20.7 Å². The predicted octanol–water partition coefficient (Wildman–Crippen LogP) is 4.52. The second-order valence-electron chi connectivity index (χ2n) is 8.95. The monoisotopic (exact) mass is 559 g/mol. The molecule has 2 aromatic heterocycles. The average Bonchev–Trinajstić information content (AvgIpc) is 3.20. The quantitative estimate of drug-likeness (QED) is 0.248. The van der Waals surface area contributed by atoms with Crippen molar-refractivity contribution >= 4 is 46.5 Å². The highest BCUT2D eigenvalue weighted by molar-refractivity contribution is 6.36. The first-order valence-corrected chi connectivity index (χ1v) is 12.4. The first-order valence-electron chi connectivity index (χ1n) is 12.0. The number of alkyl halides is 3. The van der Waals surface area contributed by atoms with Crippen molar-refractivity contribution in [1.29, 1.82) is 5.41 Å². The summed E-state index contributed by atoms with van der Waals surface area (Å²) in [5.41, 5.74) is 1.16. The highest BCUT2D eigenvalue weighted by Gasteiger charge is 2.32. The molecule has 1 fully saturated rings. The molecular weight excluding hydrogens is 535 g/mol. The summed E-state index contributed by atoms with van der Waals surface area (Å²) < 4.78 is 48.4. The summed E-state index contributed by atoms with van der Waals surface area (Å²) >= 11 is 6.68. The molecule has 39 heavy (non-hydrogen) atoms. The second kappa shape index (κ2) is 10.6. The van der Waals surface area contributed by atoms with Gasteiger partial charge in [0.25, 0.3) is 0 Å². The van der Waals surface area contributed by atoms with Crippen LogP contribution in [0.15, 0.2) is 53.2 Å². The van der Waals surface area contributed by atoms with Gasteiger partial charge in [0, 0.05) is 38.7 Å². The number of likely N-dealkylation sites (N-methyl/N-ethyl adjacent to an activating group) is 1. The van der Waals surface area contributed by atoms with Crippen LogP contribution in [0, 0.1) is 5.41 Å². The van der Waals surface area contributed by atoms with Crippen molar-refractivity contribution in [3.8, 4) is 5.75 Å². The summed E-state index contributed by atoms with van der Waals surface area (Å²) in [6.45, 7) is 2.17. The number of allylic oxidation sites excluding steroid dienone is 1. The first kappa shape index (κ1) is 26.5. The van der Waals surface area contributed by atoms with E-state index in [1.807, 2.05) is 0 Å². The van der Waals surface area contributed by atoms with Crippen molar-refractivity contribution in [3.63, 3.8) is 0 Å². The van der Waals surface area contributed by atoms with Gasteiger partial charge in [-0.25, -0.2) is 9.98 Å². The molecule has 5 rings (SSSR count). The Labute approximate surface area is 226 Å². The van der Waals surface area contributed by atoms with Gasteiger partial charge in [-0.15, -0.1) is 0 Å². The summed E-state index contributed by atoms with van der Waals surface area (Å²) in [6, 6.07) is 3.92. The molecule has 10 nitrogen and oxygen atoms in total. The molecule has 1 aromatic carbocycles. The number of imidazole rings is 1. The fourth-order valence-corrected chi connectivity index (χ4v) is 4.55. The van der Waals surface area contributed by atoms with Crippen LogP contribution in [0.5, 0.6) is 5.75 Å². The van der Waals surface area contributed by atoms with Crippen LogP contribution >= 0.6 is 11.6 Å². The minimum Gasteiger partial charge on any atom is -0.450 e. The standard InChI is InChI=1S/C25H25ClF3N9O/c1-31-22-20(32-4-5-33-22)17(11-30)39-18-12-34-23-21(19(18)26)37(2)24(36-23)35-16-9-14(13-38-6-3-7-38)8-15(10-16)25(27,28)29/h4-5,8-12,30,32H,3,6-7,13H2,1-2H3,(H,31,33)(H,34,35,36)/b20-17+,30-11?. The number of aryl methyl sites for hydroxylation is 1. The maximum atomic E-state index is 13.6. The van der Waals surface area contributed by atoms with Gasteiger partial charge in [0.2, 0.25) is 5.95 Å². The predicted molar refractivity (Wildman–Crippen MR) is 143 cm³/mol.